The van der Waals surface area contributed by atoms with Crippen LogP contribution in [0.2, 0.25) is 0 Å². The maximum atomic E-state index is 12.1. The van der Waals surface area contributed by atoms with Gasteiger partial charge in [-0.3, -0.25) is 4.79 Å². The van der Waals surface area contributed by atoms with Crippen LogP contribution in [0.1, 0.15) is 39.2 Å². The van der Waals surface area contributed by atoms with Gasteiger partial charge in [0.15, 0.2) is 5.96 Å². The Labute approximate surface area is 186 Å². The zero-order valence-electron chi connectivity index (χ0n) is 17.4. The van der Waals surface area contributed by atoms with Crippen LogP contribution < -0.4 is 15.4 Å². The lowest BCUT2D eigenvalue weighted by atomic mass is 10.1. The maximum Gasteiger partial charge on any atom is 0.244 e. The first kappa shape index (κ1) is 24.5. The summed E-state index contributed by atoms with van der Waals surface area (Å²) < 4.78 is 5.71. The van der Waals surface area contributed by atoms with Crippen LogP contribution in [0.3, 0.4) is 0 Å². The smallest absolute Gasteiger partial charge is 0.244 e. The van der Waals surface area contributed by atoms with Crippen LogP contribution in [-0.4, -0.2) is 56.1 Å². The molecule has 1 saturated heterocycles. The second-order valence-corrected chi connectivity index (χ2v) is 7.31. The Morgan fingerprint density at radius 2 is 1.86 bits per heavy atom. The van der Waals surface area contributed by atoms with E-state index < -0.39 is 0 Å². The van der Waals surface area contributed by atoms with Gasteiger partial charge in [-0.25, -0.2) is 4.99 Å². The van der Waals surface area contributed by atoms with Crippen molar-refractivity contribution < 1.29 is 9.53 Å². The largest absolute Gasteiger partial charge is 0.493 e. The van der Waals surface area contributed by atoms with E-state index in [1.54, 1.807) is 0 Å². The van der Waals surface area contributed by atoms with Gasteiger partial charge in [-0.2, -0.15) is 0 Å². The quantitative estimate of drug-likeness (QED) is 0.310. The van der Waals surface area contributed by atoms with Crippen molar-refractivity contribution >= 4 is 35.8 Å². The second-order valence-electron chi connectivity index (χ2n) is 7.31. The number of nitrogens with one attached hydrogen (secondary N) is 2. The van der Waals surface area contributed by atoms with Gasteiger partial charge >= 0.3 is 0 Å². The summed E-state index contributed by atoms with van der Waals surface area (Å²) in [7, 11) is 0. The highest BCUT2D eigenvalue weighted by Gasteiger charge is 2.17. The van der Waals surface area contributed by atoms with Gasteiger partial charge in [0, 0.05) is 26.2 Å². The molecular weight excluding hydrogens is 467 g/mol. The van der Waals surface area contributed by atoms with Crippen molar-refractivity contribution in [3.05, 3.63) is 29.8 Å². The molecule has 158 valence electrons. The molecule has 0 aromatic heterocycles. The molecule has 1 heterocycles. The molecule has 0 saturated carbocycles. The molecule has 1 aromatic rings. The highest BCUT2D eigenvalue weighted by Crippen LogP contribution is 2.13. The minimum absolute atomic E-state index is 0. The molecule has 7 heteroatoms. The van der Waals surface area contributed by atoms with Gasteiger partial charge < -0.3 is 20.3 Å². The predicted octanol–water partition coefficient (Wildman–Crippen LogP) is 3.06. The molecule has 0 aliphatic carbocycles. The number of benzene rings is 1. The summed E-state index contributed by atoms with van der Waals surface area (Å²) in [5.41, 5.74) is 1.24. The SMILES string of the molecule is CCNC(=NCC(=O)N1CCCC1)NCCc1ccc(OCC(C)C)cc1.I. The Morgan fingerprint density at radius 1 is 1.18 bits per heavy atom. The number of guanidine groups is 1. The number of nitrogens with zero attached hydrogens (tertiary/aromatic N) is 2. The zero-order chi connectivity index (χ0) is 19.5. The number of aliphatic imine (C=N–C) groups is 1. The molecule has 1 aliphatic heterocycles. The average molecular weight is 502 g/mol. The highest BCUT2D eigenvalue weighted by molar-refractivity contribution is 14.0. The molecule has 0 radical (unpaired) electrons. The van der Waals surface area contributed by atoms with Crippen molar-refractivity contribution in [3.63, 3.8) is 0 Å². The number of halogens is 1. The third kappa shape index (κ3) is 9.12. The number of carbonyl (C=O) groups is 1. The van der Waals surface area contributed by atoms with Gasteiger partial charge in [0.05, 0.1) is 6.61 Å². The molecule has 0 unspecified atom stereocenters. The minimum Gasteiger partial charge on any atom is -0.493 e. The number of carbonyl (C=O) groups excluding carboxylic acids is 1. The van der Waals surface area contributed by atoms with Crippen molar-refractivity contribution in [2.45, 2.75) is 40.0 Å². The van der Waals surface area contributed by atoms with Crippen LogP contribution in [-0.2, 0) is 11.2 Å². The molecule has 1 aliphatic rings. The Bertz CT molecular complexity index is 599. The molecule has 6 nitrogen and oxygen atoms in total. The average Bonchev–Trinajstić information content (AvgIpc) is 3.20. The second kappa shape index (κ2) is 13.6. The van der Waals surface area contributed by atoms with Gasteiger partial charge in [-0.1, -0.05) is 26.0 Å². The maximum absolute atomic E-state index is 12.1. The Balaban J connectivity index is 0.00000392. The van der Waals surface area contributed by atoms with Crippen LogP contribution in [0, 0.1) is 5.92 Å². The summed E-state index contributed by atoms with van der Waals surface area (Å²) in [4.78, 5) is 18.5. The molecule has 28 heavy (non-hydrogen) atoms. The van der Waals surface area contributed by atoms with E-state index in [2.05, 4.69) is 41.6 Å². The molecule has 1 fully saturated rings. The van der Waals surface area contributed by atoms with Crippen molar-refractivity contribution in [2.75, 3.05) is 39.3 Å². The number of ether oxygens (including phenoxy) is 1. The molecule has 2 rings (SSSR count). The van der Waals surface area contributed by atoms with Gasteiger partial charge in [0.25, 0.3) is 0 Å². The van der Waals surface area contributed by atoms with E-state index in [1.165, 1.54) is 5.56 Å². The normalized spacial score (nSPS) is 14.0. The van der Waals surface area contributed by atoms with E-state index in [-0.39, 0.29) is 36.4 Å². The molecule has 0 atom stereocenters. The summed E-state index contributed by atoms with van der Waals surface area (Å²) >= 11 is 0. The van der Waals surface area contributed by atoms with E-state index in [4.69, 9.17) is 4.74 Å². The lowest BCUT2D eigenvalue weighted by molar-refractivity contribution is -0.128. The van der Waals surface area contributed by atoms with Crippen LogP contribution in [0.15, 0.2) is 29.3 Å². The lowest BCUT2D eigenvalue weighted by Crippen LogP contribution is -2.39. The predicted molar refractivity (Wildman–Crippen MR) is 126 cm³/mol. The molecule has 1 aromatic carbocycles. The molecular formula is C21H35IN4O2. The third-order valence-corrected chi connectivity index (χ3v) is 4.39. The molecule has 2 N–H and O–H groups in total. The number of amides is 1. The first-order chi connectivity index (χ1) is 13.1. The zero-order valence-corrected chi connectivity index (χ0v) is 19.7. The highest BCUT2D eigenvalue weighted by atomic mass is 127. The van der Waals surface area contributed by atoms with E-state index >= 15 is 0 Å². The van der Waals surface area contributed by atoms with Crippen LogP contribution in [0.4, 0.5) is 0 Å². The fourth-order valence-electron chi connectivity index (χ4n) is 2.90. The summed E-state index contributed by atoms with van der Waals surface area (Å²) in [6.07, 6.45) is 3.10. The van der Waals surface area contributed by atoms with Crippen LogP contribution in [0.25, 0.3) is 0 Å². The summed E-state index contributed by atoms with van der Waals surface area (Å²) in [6.45, 7) is 10.5. The van der Waals surface area contributed by atoms with Gasteiger partial charge in [-0.15, -0.1) is 24.0 Å². The summed E-state index contributed by atoms with van der Waals surface area (Å²) in [5.74, 6) is 2.24. The van der Waals surface area contributed by atoms with Crippen LogP contribution >= 0.6 is 24.0 Å². The summed E-state index contributed by atoms with van der Waals surface area (Å²) in [5, 5.41) is 6.51. The van der Waals surface area contributed by atoms with Gasteiger partial charge in [0.2, 0.25) is 5.91 Å². The van der Waals surface area contributed by atoms with E-state index in [0.29, 0.717) is 11.9 Å². The van der Waals surface area contributed by atoms with Gasteiger partial charge in [0.1, 0.15) is 12.3 Å². The Kier molecular flexibility index (Phi) is 11.9. The first-order valence-electron chi connectivity index (χ1n) is 10.1. The Hall–Kier alpha value is -1.51. The number of hydrogen-bond acceptors (Lipinski definition) is 3. The minimum atomic E-state index is 0. The first-order valence-corrected chi connectivity index (χ1v) is 10.1. The lowest BCUT2D eigenvalue weighted by Gasteiger charge is -2.15. The molecule has 0 bridgehead atoms. The molecule has 0 spiro atoms. The fraction of sp³-hybridized carbons (Fsp3) is 0.619. The van der Waals surface area contributed by atoms with Gasteiger partial charge in [-0.05, 0) is 49.8 Å². The third-order valence-electron chi connectivity index (χ3n) is 4.39. The van der Waals surface area contributed by atoms with E-state index in [1.807, 2.05) is 24.0 Å². The van der Waals surface area contributed by atoms with Crippen molar-refractivity contribution in [3.8, 4) is 5.75 Å². The fourth-order valence-corrected chi connectivity index (χ4v) is 2.90. The number of rotatable bonds is 9. The number of likely N-dealkylation sites (tertiary alicyclic amines) is 1. The van der Waals surface area contributed by atoms with Crippen molar-refractivity contribution in [1.82, 2.24) is 15.5 Å². The van der Waals surface area contributed by atoms with Crippen molar-refractivity contribution in [1.29, 1.82) is 0 Å². The standard InChI is InChI=1S/C21H34N4O2.HI/c1-4-22-21(24-15-20(26)25-13-5-6-14-25)23-12-11-18-7-9-19(10-8-18)27-16-17(2)3;/h7-10,17H,4-6,11-16H2,1-3H3,(H2,22,23,24);1H. The molecule has 1 amide bonds. The van der Waals surface area contributed by atoms with E-state index in [0.717, 1.165) is 57.8 Å². The number of hydrogen-bond donors (Lipinski definition) is 2. The summed E-state index contributed by atoms with van der Waals surface area (Å²) in [6, 6.07) is 8.23. The Morgan fingerprint density at radius 3 is 2.46 bits per heavy atom. The van der Waals surface area contributed by atoms with E-state index in [9.17, 15) is 4.79 Å². The topological polar surface area (TPSA) is 66.0 Å². The van der Waals surface area contributed by atoms with Crippen LogP contribution in [0.5, 0.6) is 5.75 Å². The monoisotopic (exact) mass is 502 g/mol. The van der Waals surface area contributed by atoms with Crippen molar-refractivity contribution in [2.24, 2.45) is 10.9 Å².